The molecular weight excluding hydrogens is 312 g/mol. The van der Waals surface area contributed by atoms with Gasteiger partial charge in [-0.25, -0.2) is 0 Å². The van der Waals surface area contributed by atoms with E-state index >= 15 is 0 Å². The summed E-state index contributed by atoms with van der Waals surface area (Å²) in [6.45, 7) is 33.6. The molecule has 0 spiro atoms. The minimum absolute atomic E-state index is 0.262. The first kappa shape index (κ1) is 23.4. The van der Waals surface area contributed by atoms with Gasteiger partial charge >= 0.3 is 0 Å². The van der Waals surface area contributed by atoms with Crippen LogP contribution in [-0.4, -0.2) is 16.6 Å². The average Bonchev–Trinajstić information content (AvgIpc) is 2.05. The second kappa shape index (κ2) is 6.60. The molecule has 0 radical (unpaired) electrons. The number of rotatable bonds is 4. The molecule has 0 heterocycles. The SMILES string of the molecule is CC(C)(C)C[Si](C)(O[Si](C)(CC(C)(C)C)C(C)(C)C)C(C)(C)C. The zero-order valence-corrected chi connectivity index (χ0v) is 20.8. The molecule has 23 heavy (non-hydrogen) atoms. The maximum atomic E-state index is 7.38. The number of hydrogen-bond acceptors (Lipinski definition) is 1. The van der Waals surface area contributed by atoms with E-state index in [9.17, 15) is 0 Å². The summed E-state index contributed by atoms with van der Waals surface area (Å²) in [6, 6.07) is 2.46. The van der Waals surface area contributed by atoms with Crippen molar-refractivity contribution in [2.45, 2.75) is 118 Å². The first-order valence-electron chi connectivity index (χ1n) is 9.32. The van der Waals surface area contributed by atoms with Crippen LogP contribution in [0.4, 0.5) is 0 Å². The Labute approximate surface area is 150 Å². The highest BCUT2D eigenvalue weighted by Gasteiger charge is 2.53. The first-order valence-corrected chi connectivity index (χ1v) is 14.6. The molecule has 0 aromatic heterocycles. The smallest absolute Gasteiger partial charge is 0.182 e. The lowest BCUT2D eigenvalue weighted by Gasteiger charge is -2.53. The Hall–Kier alpha value is 0.394. The lowest BCUT2D eigenvalue weighted by Crippen LogP contribution is -2.59. The van der Waals surface area contributed by atoms with Crippen molar-refractivity contribution in [2.24, 2.45) is 10.8 Å². The van der Waals surface area contributed by atoms with Crippen molar-refractivity contribution in [3.8, 4) is 0 Å². The monoisotopic (exact) mass is 358 g/mol. The molecule has 0 aliphatic heterocycles. The average molecular weight is 359 g/mol. The molecule has 0 amide bonds. The van der Waals surface area contributed by atoms with Crippen LogP contribution in [0, 0.1) is 10.8 Å². The van der Waals surface area contributed by atoms with Crippen LogP contribution in [0.3, 0.4) is 0 Å². The minimum atomic E-state index is -1.87. The molecular formula is C20H46OSi2. The second-order valence-corrected chi connectivity index (χ2v) is 22.0. The van der Waals surface area contributed by atoms with Gasteiger partial charge in [-0.2, -0.15) is 0 Å². The molecule has 0 aromatic carbocycles. The summed E-state index contributed by atoms with van der Waals surface area (Å²) in [6.07, 6.45) is 0. The molecule has 2 atom stereocenters. The van der Waals surface area contributed by atoms with Gasteiger partial charge in [0.15, 0.2) is 16.6 Å². The summed E-state index contributed by atoms with van der Waals surface area (Å²) in [5.41, 5.74) is 0.645. The predicted molar refractivity (Wildman–Crippen MR) is 112 cm³/mol. The Balaban J connectivity index is 5.91. The van der Waals surface area contributed by atoms with E-state index in [2.05, 4.69) is 96.2 Å². The van der Waals surface area contributed by atoms with Crippen LogP contribution in [0.15, 0.2) is 0 Å². The molecule has 2 unspecified atom stereocenters. The topological polar surface area (TPSA) is 9.23 Å². The van der Waals surface area contributed by atoms with Gasteiger partial charge in [0.25, 0.3) is 0 Å². The molecule has 0 aliphatic carbocycles. The second-order valence-electron chi connectivity index (χ2n) is 12.5. The molecule has 0 saturated carbocycles. The van der Waals surface area contributed by atoms with Gasteiger partial charge in [0.05, 0.1) is 0 Å². The van der Waals surface area contributed by atoms with E-state index in [4.69, 9.17) is 4.12 Å². The Morgan fingerprint density at radius 1 is 0.522 bits per heavy atom. The highest BCUT2D eigenvalue weighted by atomic mass is 28.4. The maximum Gasteiger partial charge on any atom is 0.182 e. The van der Waals surface area contributed by atoms with Crippen molar-refractivity contribution in [1.29, 1.82) is 0 Å². The van der Waals surface area contributed by atoms with Crippen LogP contribution in [0.5, 0.6) is 0 Å². The van der Waals surface area contributed by atoms with E-state index in [0.29, 0.717) is 10.8 Å². The van der Waals surface area contributed by atoms with E-state index < -0.39 is 16.6 Å². The Kier molecular flexibility index (Phi) is 6.72. The highest BCUT2D eigenvalue weighted by Crippen LogP contribution is 2.52. The molecule has 0 aromatic rings. The van der Waals surface area contributed by atoms with Crippen molar-refractivity contribution in [1.82, 2.24) is 0 Å². The summed E-state index contributed by atoms with van der Waals surface area (Å²) in [7, 11) is -3.74. The van der Waals surface area contributed by atoms with Crippen molar-refractivity contribution in [2.75, 3.05) is 0 Å². The van der Waals surface area contributed by atoms with Crippen LogP contribution >= 0.6 is 0 Å². The van der Waals surface area contributed by atoms with Gasteiger partial charge in [-0.3, -0.25) is 0 Å². The molecule has 0 N–H and O–H groups in total. The van der Waals surface area contributed by atoms with Crippen LogP contribution in [0.1, 0.15) is 83.1 Å². The summed E-state index contributed by atoms with van der Waals surface area (Å²) >= 11 is 0. The van der Waals surface area contributed by atoms with Gasteiger partial charge in [-0.1, -0.05) is 83.1 Å². The molecule has 0 aliphatic rings. The molecule has 0 bridgehead atoms. The van der Waals surface area contributed by atoms with E-state index in [1.165, 1.54) is 12.1 Å². The number of hydrogen-bond donors (Lipinski definition) is 0. The van der Waals surface area contributed by atoms with Gasteiger partial charge < -0.3 is 4.12 Å². The lowest BCUT2D eigenvalue weighted by molar-refractivity contribution is 0.358. The zero-order chi connectivity index (χ0) is 19.1. The van der Waals surface area contributed by atoms with Crippen molar-refractivity contribution in [3.63, 3.8) is 0 Å². The van der Waals surface area contributed by atoms with Crippen LogP contribution in [0.25, 0.3) is 0 Å². The summed E-state index contributed by atoms with van der Waals surface area (Å²) in [5, 5.41) is 0.523. The third-order valence-electron chi connectivity index (χ3n) is 5.36. The fourth-order valence-corrected chi connectivity index (χ4v) is 15.5. The van der Waals surface area contributed by atoms with Crippen molar-refractivity contribution >= 4 is 16.6 Å². The van der Waals surface area contributed by atoms with Gasteiger partial charge in [-0.15, -0.1) is 0 Å². The van der Waals surface area contributed by atoms with E-state index in [0.717, 1.165) is 0 Å². The predicted octanol–water partition coefficient (Wildman–Crippen LogP) is 7.85. The van der Waals surface area contributed by atoms with Crippen molar-refractivity contribution < 1.29 is 4.12 Å². The summed E-state index contributed by atoms with van der Waals surface area (Å²) in [4.78, 5) is 0. The fraction of sp³-hybridized carbons (Fsp3) is 1.00. The normalized spacial score (nSPS) is 20.1. The molecule has 3 heteroatoms. The molecule has 1 nitrogen and oxygen atoms in total. The largest absolute Gasteiger partial charge is 0.454 e. The van der Waals surface area contributed by atoms with E-state index in [1.807, 2.05) is 0 Å². The van der Waals surface area contributed by atoms with Crippen LogP contribution in [-0.2, 0) is 4.12 Å². The lowest BCUT2D eigenvalue weighted by atomic mass is 10.0. The van der Waals surface area contributed by atoms with Crippen LogP contribution < -0.4 is 0 Å². The van der Waals surface area contributed by atoms with Crippen molar-refractivity contribution in [3.05, 3.63) is 0 Å². The van der Waals surface area contributed by atoms with E-state index in [1.54, 1.807) is 0 Å². The van der Waals surface area contributed by atoms with Gasteiger partial charge in [0.1, 0.15) is 0 Å². The van der Waals surface area contributed by atoms with Gasteiger partial charge in [-0.05, 0) is 46.1 Å². The summed E-state index contributed by atoms with van der Waals surface area (Å²) in [5.74, 6) is 0. The maximum absolute atomic E-state index is 7.38. The van der Waals surface area contributed by atoms with E-state index in [-0.39, 0.29) is 10.1 Å². The molecule has 140 valence electrons. The zero-order valence-electron chi connectivity index (χ0n) is 18.8. The third kappa shape index (κ3) is 7.03. The van der Waals surface area contributed by atoms with Gasteiger partial charge in [0.2, 0.25) is 0 Å². The summed E-state index contributed by atoms with van der Waals surface area (Å²) < 4.78 is 7.38. The molecule has 0 fully saturated rings. The third-order valence-corrected chi connectivity index (χ3v) is 18.8. The Morgan fingerprint density at radius 2 is 0.739 bits per heavy atom. The first-order chi connectivity index (χ1) is 9.62. The molecule has 0 saturated heterocycles. The molecule has 0 rings (SSSR count). The highest BCUT2D eigenvalue weighted by molar-refractivity contribution is 6.88. The Bertz CT molecular complexity index is 352. The minimum Gasteiger partial charge on any atom is -0.454 e. The quantitative estimate of drug-likeness (QED) is 0.465. The van der Waals surface area contributed by atoms with Crippen LogP contribution in [0.2, 0.25) is 35.3 Å². The fourth-order valence-electron chi connectivity index (χ4n) is 3.43. The van der Waals surface area contributed by atoms with Gasteiger partial charge in [0, 0.05) is 0 Å². The Morgan fingerprint density at radius 3 is 0.870 bits per heavy atom. The standard InChI is InChI=1S/C20H46OSi2/c1-17(2,3)15-22(13,19(7,8)9)21-23(14,20(10,11)12)16-18(4,5)6/h15-16H2,1-14H3.